The Bertz CT molecular complexity index is 183. The second kappa shape index (κ2) is 12.3. The lowest BCUT2D eigenvalue weighted by atomic mass is 10.1. The lowest BCUT2D eigenvalue weighted by Crippen LogP contribution is -2.09. The van der Waals surface area contributed by atoms with Gasteiger partial charge in [-0.15, -0.1) is 12.6 Å². The van der Waals surface area contributed by atoms with Crippen molar-refractivity contribution in [2.45, 2.75) is 83.5 Å². The van der Waals surface area contributed by atoms with Crippen molar-refractivity contribution < 1.29 is 9.53 Å². The number of thiol groups is 1. The molecule has 1 unspecified atom stereocenters. The molecule has 0 spiro atoms. The molecule has 0 aliphatic heterocycles. The van der Waals surface area contributed by atoms with Gasteiger partial charge in [-0.25, -0.2) is 0 Å². The molecule has 0 aliphatic carbocycles. The van der Waals surface area contributed by atoms with E-state index in [2.05, 4.69) is 19.6 Å². The molecule has 0 aliphatic rings. The van der Waals surface area contributed by atoms with E-state index in [1.54, 1.807) is 0 Å². The molecule has 2 nitrogen and oxygen atoms in total. The highest BCUT2D eigenvalue weighted by Gasteiger charge is 2.05. The summed E-state index contributed by atoms with van der Waals surface area (Å²) in [5.41, 5.74) is -0.211. The maximum absolute atomic E-state index is 10.6. The highest BCUT2D eigenvalue weighted by molar-refractivity contribution is 7.80. The van der Waals surface area contributed by atoms with Crippen LogP contribution in [-0.4, -0.2) is 11.4 Å². The number of ether oxygens (including phenoxy) is 1. The molecule has 0 fully saturated rings. The maximum Gasteiger partial charge on any atom is 0.303 e. The van der Waals surface area contributed by atoms with Crippen LogP contribution in [0.25, 0.3) is 0 Å². The first-order valence-electron chi connectivity index (χ1n) is 7.02. The van der Waals surface area contributed by atoms with Gasteiger partial charge in [-0.1, -0.05) is 58.3 Å². The molecule has 0 heterocycles. The zero-order valence-corrected chi connectivity index (χ0v) is 12.3. The smallest absolute Gasteiger partial charge is 0.303 e. The number of hydrogen-bond acceptors (Lipinski definition) is 3. The fourth-order valence-electron chi connectivity index (χ4n) is 1.88. The van der Waals surface area contributed by atoms with E-state index in [0.29, 0.717) is 0 Å². The number of carbonyl (C=O) groups is 1. The Kier molecular flexibility index (Phi) is 12.2. The van der Waals surface area contributed by atoms with Crippen molar-refractivity contribution in [3.05, 3.63) is 0 Å². The first-order valence-corrected chi connectivity index (χ1v) is 7.53. The summed E-state index contributed by atoms with van der Waals surface area (Å²) in [4.78, 5) is 10.6. The Hall–Kier alpha value is -0.180. The van der Waals surface area contributed by atoms with Gasteiger partial charge >= 0.3 is 5.97 Å². The molecule has 0 saturated heterocycles. The van der Waals surface area contributed by atoms with E-state index in [1.807, 2.05) is 0 Å². The van der Waals surface area contributed by atoms with Crippen molar-refractivity contribution in [1.29, 1.82) is 0 Å². The zero-order valence-electron chi connectivity index (χ0n) is 11.4. The molecular weight excluding hydrogens is 232 g/mol. The third-order valence-electron chi connectivity index (χ3n) is 2.86. The molecule has 102 valence electrons. The van der Waals surface area contributed by atoms with Gasteiger partial charge in [-0.3, -0.25) is 4.79 Å². The molecular formula is C14H28O2S. The summed E-state index contributed by atoms with van der Waals surface area (Å²) in [5, 5.41) is 0. The summed E-state index contributed by atoms with van der Waals surface area (Å²) in [6.45, 7) is 3.68. The highest BCUT2D eigenvalue weighted by atomic mass is 32.1. The quantitative estimate of drug-likeness (QED) is 0.252. The summed E-state index contributed by atoms with van der Waals surface area (Å²) in [7, 11) is 0. The fourth-order valence-corrected chi connectivity index (χ4v) is 2.21. The van der Waals surface area contributed by atoms with E-state index < -0.39 is 0 Å². The van der Waals surface area contributed by atoms with Gasteiger partial charge < -0.3 is 4.74 Å². The molecule has 0 rings (SSSR count). The zero-order chi connectivity index (χ0) is 12.9. The summed E-state index contributed by atoms with van der Waals surface area (Å²) >= 11 is 4.21. The van der Waals surface area contributed by atoms with Crippen LogP contribution in [0.15, 0.2) is 0 Å². The topological polar surface area (TPSA) is 26.3 Å². The lowest BCUT2D eigenvalue weighted by molar-refractivity contribution is -0.142. The second-order valence-corrected chi connectivity index (χ2v) is 5.26. The number of hydrogen-bond donors (Lipinski definition) is 1. The van der Waals surface area contributed by atoms with E-state index in [4.69, 9.17) is 4.74 Å². The van der Waals surface area contributed by atoms with Crippen molar-refractivity contribution in [1.82, 2.24) is 0 Å². The van der Waals surface area contributed by atoms with E-state index >= 15 is 0 Å². The summed E-state index contributed by atoms with van der Waals surface area (Å²) < 4.78 is 4.95. The van der Waals surface area contributed by atoms with Crippen molar-refractivity contribution in [2.75, 3.05) is 0 Å². The minimum Gasteiger partial charge on any atom is -0.452 e. The highest BCUT2D eigenvalue weighted by Crippen LogP contribution is 2.13. The predicted octanol–water partition coefficient (Wildman–Crippen LogP) is 4.73. The Morgan fingerprint density at radius 1 is 1.00 bits per heavy atom. The van der Waals surface area contributed by atoms with Crippen molar-refractivity contribution in [2.24, 2.45) is 0 Å². The molecule has 3 heteroatoms. The van der Waals surface area contributed by atoms with Crippen LogP contribution < -0.4 is 0 Å². The second-order valence-electron chi connectivity index (χ2n) is 4.68. The van der Waals surface area contributed by atoms with Gasteiger partial charge in [0, 0.05) is 6.92 Å². The number of esters is 1. The number of rotatable bonds is 11. The normalized spacial score (nSPS) is 12.4. The first-order chi connectivity index (χ1) is 8.16. The average Bonchev–Trinajstić information content (AvgIpc) is 2.26. The molecule has 17 heavy (non-hydrogen) atoms. The van der Waals surface area contributed by atoms with Gasteiger partial charge in [0.25, 0.3) is 0 Å². The Morgan fingerprint density at radius 2 is 1.47 bits per heavy atom. The third kappa shape index (κ3) is 13.8. The van der Waals surface area contributed by atoms with E-state index in [1.165, 1.54) is 58.3 Å². The van der Waals surface area contributed by atoms with Gasteiger partial charge in [0.2, 0.25) is 0 Å². The fraction of sp³-hybridized carbons (Fsp3) is 0.929. The van der Waals surface area contributed by atoms with Crippen LogP contribution in [-0.2, 0) is 9.53 Å². The van der Waals surface area contributed by atoms with Crippen LogP contribution in [0.2, 0.25) is 0 Å². The minimum absolute atomic E-state index is 0.211. The monoisotopic (exact) mass is 260 g/mol. The SMILES string of the molecule is CCCCCCCCCCCC(S)OC(C)=O. The van der Waals surface area contributed by atoms with E-state index in [-0.39, 0.29) is 11.4 Å². The third-order valence-corrected chi connectivity index (χ3v) is 3.22. The molecule has 0 saturated carbocycles. The van der Waals surface area contributed by atoms with Gasteiger partial charge in [-0.2, -0.15) is 0 Å². The van der Waals surface area contributed by atoms with Crippen LogP contribution in [0, 0.1) is 0 Å². The predicted molar refractivity (Wildman–Crippen MR) is 76.4 cm³/mol. The van der Waals surface area contributed by atoms with Crippen molar-refractivity contribution >= 4 is 18.6 Å². The summed E-state index contributed by atoms with van der Waals surface area (Å²) in [6, 6.07) is 0. The van der Waals surface area contributed by atoms with E-state index in [9.17, 15) is 4.79 Å². The van der Waals surface area contributed by atoms with Crippen LogP contribution in [0.4, 0.5) is 0 Å². The molecule has 1 atom stereocenters. The summed E-state index contributed by atoms with van der Waals surface area (Å²) in [5.74, 6) is -0.235. The van der Waals surface area contributed by atoms with E-state index in [0.717, 1.165) is 12.8 Å². The van der Waals surface area contributed by atoms with Gasteiger partial charge in [0.05, 0.1) is 0 Å². The van der Waals surface area contributed by atoms with Gasteiger partial charge in [-0.05, 0) is 12.8 Å². The average molecular weight is 260 g/mol. The molecule has 0 bridgehead atoms. The Morgan fingerprint density at radius 3 is 1.94 bits per heavy atom. The lowest BCUT2D eigenvalue weighted by Gasteiger charge is -2.10. The molecule has 0 aromatic heterocycles. The van der Waals surface area contributed by atoms with Crippen LogP contribution >= 0.6 is 12.6 Å². The standard InChI is InChI=1S/C14H28O2S/c1-3-4-5-6-7-8-9-10-11-12-14(17)16-13(2)15/h14,17H,3-12H2,1-2H3. The van der Waals surface area contributed by atoms with Gasteiger partial charge in [0.15, 0.2) is 0 Å². The maximum atomic E-state index is 10.6. The van der Waals surface area contributed by atoms with Crippen molar-refractivity contribution in [3.8, 4) is 0 Å². The molecule has 0 radical (unpaired) electrons. The number of unbranched alkanes of at least 4 members (excludes halogenated alkanes) is 8. The Labute approximate surface area is 112 Å². The van der Waals surface area contributed by atoms with Crippen molar-refractivity contribution in [3.63, 3.8) is 0 Å². The molecule has 0 aromatic carbocycles. The molecule has 0 aromatic rings. The Balaban J connectivity index is 3.10. The largest absolute Gasteiger partial charge is 0.452 e. The first kappa shape index (κ1) is 16.8. The summed E-state index contributed by atoms with van der Waals surface area (Å²) in [6.07, 6.45) is 12.7. The van der Waals surface area contributed by atoms with Crippen LogP contribution in [0.1, 0.15) is 78.1 Å². The van der Waals surface area contributed by atoms with Gasteiger partial charge in [0.1, 0.15) is 5.44 Å². The number of carbonyl (C=O) groups excluding carboxylic acids is 1. The van der Waals surface area contributed by atoms with Crippen LogP contribution in [0.3, 0.4) is 0 Å². The molecule has 0 amide bonds. The van der Waals surface area contributed by atoms with Crippen LogP contribution in [0.5, 0.6) is 0 Å². The molecule has 0 N–H and O–H groups in total. The minimum atomic E-state index is -0.235.